The van der Waals surface area contributed by atoms with Crippen molar-refractivity contribution in [2.75, 3.05) is 19.0 Å². The Morgan fingerprint density at radius 2 is 2.03 bits per heavy atom. The largest absolute Gasteiger partial charge is 0.494 e. The first-order valence-electron chi connectivity index (χ1n) is 11.1. The molecule has 3 aromatic heterocycles. The van der Waals surface area contributed by atoms with Crippen LogP contribution in [0.5, 0.6) is 5.75 Å². The van der Waals surface area contributed by atoms with E-state index < -0.39 is 5.97 Å². The summed E-state index contributed by atoms with van der Waals surface area (Å²) in [5.41, 5.74) is 3.17. The number of carbonyl (C=O) groups is 1. The van der Waals surface area contributed by atoms with Crippen LogP contribution in [0.3, 0.4) is 0 Å². The Kier molecular flexibility index (Phi) is 7.59. The van der Waals surface area contributed by atoms with Crippen LogP contribution in [0.2, 0.25) is 0 Å². The highest BCUT2D eigenvalue weighted by atomic mass is 32.1. The van der Waals surface area contributed by atoms with Crippen LogP contribution in [-0.4, -0.2) is 29.7 Å². The summed E-state index contributed by atoms with van der Waals surface area (Å²) in [7, 11) is 1.38. The van der Waals surface area contributed by atoms with Gasteiger partial charge in [-0.1, -0.05) is 32.0 Å². The van der Waals surface area contributed by atoms with Gasteiger partial charge >= 0.3 is 5.97 Å². The number of hydrogen-bond acceptors (Lipinski definition) is 8. The van der Waals surface area contributed by atoms with Gasteiger partial charge in [0, 0.05) is 27.1 Å². The van der Waals surface area contributed by atoms with Gasteiger partial charge in [-0.15, -0.1) is 22.7 Å². The third-order valence-electron chi connectivity index (χ3n) is 5.04. The number of rotatable bonds is 9. The van der Waals surface area contributed by atoms with Gasteiger partial charge in [-0.2, -0.15) is 0 Å². The Labute approximate surface area is 207 Å². The number of thiophene rings is 1. The molecule has 0 fully saturated rings. The van der Waals surface area contributed by atoms with E-state index >= 15 is 0 Å². The molecule has 1 aromatic carbocycles. The number of aromatic nitrogens is 2. The summed E-state index contributed by atoms with van der Waals surface area (Å²) in [6.07, 6.45) is 2.61. The van der Waals surface area contributed by atoms with Crippen LogP contribution in [0, 0.1) is 5.92 Å². The van der Waals surface area contributed by atoms with Crippen LogP contribution < -0.4 is 10.1 Å². The predicted octanol–water partition coefficient (Wildman–Crippen LogP) is 7.06. The van der Waals surface area contributed by atoms with Crippen LogP contribution in [0.4, 0.5) is 10.9 Å². The lowest BCUT2D eigenvalue weighted by Gasteiger charge is -2.09. The van der Waals surface area contributed by atoms with E-state index in [4.69, 9.17) is 14.5 Å². The minimum absolute atomic E-state index is 0.401. The average Bonchev–Trinajstić information content (AvgIpc) is 3.49. The molecular weight excluding hydrogens is 466 g/mol. The first kappa shape index (κ1) is 23.9. The normalized spacial score (nSPS) is 11.0. The lowest BCUT2D eigenvalue weighted by molar-refractivity contribution is 0.0601. The van der Waals surface area contributed by atoms with Crippen molar-refractivity contribution in [2.45, 2.75) is 27.2 Å². The van der Waals surface area contributed by atoms with E-state index in [0.717, 1.165) is 39.0 Å². The molecule has 34 heavy (non-hydrogen) atoms. The Hall–Kier alpha value is -3.23. The van der Waals surface area contributed by atoms with E-state index in [0.29, 0.717) is 23.9 Å². The minimum Gasteiger partial charge on any atom is -0.494 e. The van der Waals surface area contributed by atoms with Crippen molar-refractivity contribution in [3.63, 3.8) is 0 Å². The quantitative estimate of drug-likeness (QED) is 0.252. The molecule has 176 valence electrons. The SMILES string of the molecule is CCOc1cccc(-c2nc(Nc3cc(C(=O)OC)c(-c4cccs4)cn3)sc2CC(C)C)c1. The number of nitrogens with zero attached hydrogens (tertiary/aromatic N) is 2. The van der Waals surface area contributed by atoms with E-state index in [2.05, 4.69) is 30.2 Å². The number of thiazole rings is 1. The van der Waals surface area contributed by atoms with Gasteiger partial charge in [-0.05, 0) is 48.9 Å². The summed E-state index contributed by atoms with van der Waals surface area (Å²) in [5.74, 6) is 1.45. The number of esters is 1. The van der Waals surface area contributed by atoms with E-state index in [-0.39, 0.29) is 0 Å². The number of hydrogen-bond donors (Lipinski definition) is 1. The highest BCUT2D eigenvalue weighted by Gasteiger charge is 2.19. The third kappa shape index (κ3) is 5.46. The summed E-state index contributed by atoms with van der Waals surface area (Å²) in [6, 6.07) is 13.6. The highest BCUT2D eigenvalue weighted by Crippen LogP contribution is 2.36. The summed E-state index contributed by atoms with van der Waals surface area (Å²) in [4.78, 5) is 24.1. The molecule has 0 atom stereocenters. The van der Waals surface area contributed by atoms with E-state index in [9.17, 15) is 4.79 Å². The van der Waals surface area contributed by atoms with Crippen molar-refractivity contribution < 1.29 is 14.3 Å². The molecule has 0 saturated heterocycles. The Balaban J connectivity index is 1.69. The zero-order chi connectivity index (χ0) is 24.1. The zero-order valence-corrected chi connectivity index (χ0v) is 21.3. The molecule has 0 spiro atoms. The second kappa shape index (κ2) is 10.8. The number of ether oxygens (including phenoxy) is 2. The molecule has 0 radical (unpaired) electrons. The van der Waals surface area contributed by atoms with E-state index in [1.165, 1.54) is 12.0 Å². The van der Waals surface area contributed by atoms with Crippen molar-refractivity contribution in [3.05, 3.63) is 64.5 Å². The van der Waals surface area contributed by atoms with Crippen LogP contribution in [0.25, 0.3) is 21.7 Å². The zero-order valence-electron chi connectivity index (χ0n) is 19.6. The fraction of sp³-hybridized carbons (Fsp3) is 0.269. The lowest BCUT2D eigenvalue weighted by atomic mass is 10.0. The monoisotopic (exact) mass is 493 g/mol. The minimum atomic E-state index is -0.401. The van der Waals surface area contributed by atoms with Crippen LogP contribution in [-0.2, 0) is 11.2 Å². The summed E-state index contributed by atoms with van der Waals surface area (Å²) < 4.78 is 10.7. The van der Waals surface area contributed by atoms with Gasteiger partial charge in [0.25, 0.3) is 0 Å². The molecule has 6 nitrogen and oxygen atoms in total. The second-order valence-electron chi connectivity index (χ2n) is 8.06. The van der Waals surface area contributed by atoms with Crippen molar-refractivity contribution in [2.24, 2.45) is 5.92 Å². The highest BCUT2D eigenvalue weighted by molar-refractivity contribution is 7.16. The standard InChI is InChI=1S/C26H27N3O3S2/c1-5-32-18-9-6-8-17(13-18)24-22(12-16(2)3)34-26(29-24)28-23-14-19(25(30)31-4)20(15-27-23)21-10-7-11-33-21/h6-11,13-16H,5,12H2,1-4H3,(H,27,28,29). The fourth-order valence-corrected chi connectivity index (χ4v) is 5.53. The van der Waals surface area contributed by atoms with E-state index in [1.807, 2.05) is 42.6 Å². The number of nitrogens with one attached hydrogen (secondary N) is 1. The first-order valence-corrected chi connectivity index (χ1v) is 12.8. The van der Waals surface area contributed by atoms with Crippen molar-refractivity contribution in [1.29, 1.82) is 0 Å². The molecule has 8 heteroatoms. The maximum atomic E-state index is 12.5. The van der Waals surface area contributed by atoms with Crippen molar-refractivity contribution in [1.82, 2.24) is 9.97 Å². The molecule has 4 aromatic rings. The molecule has 1 N–H and O–H groups in total. The number of carbonyl (C=O) groups excluding carboxylic acids is 1. The van der Waals surface area contributed by atoms with Crippen LogP contribution in [0.1, 0.15) is 36.0 Å². The first-order chi connectivity index (χ1) is 16.5. The van der Waals surface area contributed by atoms with Gasteiger partial charge in [0.05, 0.1) is 25.0 Å². The van der Waals surface area contributed by atoms with Crippen LogP contribution in [0.15, 0.2) is 54.0 Å². The maximum absolute atomic E-state index is 12.5. The average molecular weight is 494 g/mol. The van der Waals surface area contributed by atoms with Crippen molar-refractivity contribution >= 4 is 39.6 Å². The van der Waals surface area contributed by atoms with Gasteiger partial charge in [-0.3, -0.25) is 0 Å². The Morgan fingerprint density at radius 1 is 1.18 bits per heavy atom. The number of anilines is 2. The number of methoxy groups -OCH3 is 1. The summed E-state index contributed by atoms with van der Waals surface area (Å²) in [5, 5.41) is 5.99. The van der Waals surface area contributed by atoms with E-state index in [1.54, 1.807) is 34.9 Å². The molecule has 4 rings (SSSR count). The molecule has 3 heterocycles. The molecule has 0 aliphatic heterocycles. The molecule has 0 amide bonds. The van der Waals surface area contributed by atoms with Gasteiger partial charge in [0.15, 0.2) is 5.13 Å². The second-order valence-corrected chi connectivity index (χ2v) is 10.1. The summed E-state index contributed by atoms with van der Waals surface area (Å²) in [6.45, 7) is 6.98. The molecule has 0 aliphatic carbocycles. The Morgan fingerprint density at radius 3 is 2.74 bits per heavy atom. The molecular formula is C26H27N3O3S2. The topological polar surface area (TPSA) is 73.3 Å². The number of benzene rings is 1. The predicted molar refractivity (Wildman–Crippen MR) is 139 cm³/mol. The summed E-state index contributed by atoms with van der Waals surface area (Å²) >= 11 is 3.15. The Bertz CT molecular complexity index is 1270. The van der Waals surface area contributed by atoms with Gasteiger partial charge in [0.2, 0.25) is 0 Å². The molecule has 0 saturated carbocycles. The number of pyridine rings is 1. The lowest BCUT2D eigenvalue weighted by Crippen LogP contribution is -2.05. The van der Waals surface area contributed by atoms with Gasteiger partial charge in [-0.25, -0.2) is 14.8 Å². The maximum Gasteiger partial charge on any atom is 0.338 e. The van der Waals surface area contributed by atoms with Gasteiger partial charge in [0.1, 0.15) is 11.6 Å². The van der Waals surface area contributed by atoms with Gasteiger partial charge < -0.3 is 14.8 Å². The van der Waals surface area contributed by atoms with Crippen LogP contribution >= 0.6 is 22.7 Å². The third-order valence-corrected chi connectivity index (χ3v) is 6.94. The molecule has 0 unspecified atom stereocenters. The fourth-order valence-electron chi connectivity index (χ4n) is 3.58. The molecule has 0 aliphatic rings. The molecule has 0 bridgehead atoms. The van der Waals surface area contributed by atoms with Crippen molar-refractivity contribution in [3.8, 4) is 27.4 Å². The smallest absolute Gasteiger partial charge is 0.338 e.